The minimum atomic E-state index is -0.0997. The molecule has 1 N–H and O–H groups in total. The highest BCUT2D eigenvalue weighted by molar-refractivity contribution is 5.85. The summed E-state index contributed by atoms with van der Waals surface area (Å²) < 4.78 is 5.16. The van der Waals surface area contributed by atoms with E-state index in [4.69, 9.17) is 4.74 Å². The fourth-order valence-corrected chi connectivity index (χ4v) is 2.83. The van der Waals surface area contributed by atoms with Gasteiger partial charge in [-0.15, -0.1) is 0 Å². The molecule has 3 atom stereocenters. The van der Waals surface area contributed by atoms with Crippen molar-refractivity contribution >= 4 is 5.91 Å². The molecular formula is C17H26N2O2. The number of carbonyl (C=O) groups excluding carboxylic acids is 1. The second kappa shape index (κ2) is 7.05. The topological polar surface area (TPSA) is 41.6 Å². The van der Waals surface area contributed by atoms with Crippen LogP contribution in [0.2, 0.25) is 0 Å². The lowest BCUT2D eigenvalue weighted by Crippen LogP contribution is -2.36. The molecule has 1 fully saturated rings. The number of aryl methyl sites for hydroxylation is 1. The van der Waals surface area contributed by atoms with Crippen LogP contribution in [-0.2, 0) is 9.53 Å². The van der Waals surface area contributed by atoms with Gasteiger partial charge >= 0.3 is 0 Å². The van der Waals surface area contributed by atoms with E-state index in [1.807, 2.05) is 11.0 Å². The Morgan fingerprint density at radius 1 is 1.43 bits per heavy atom. The first-order valence-corrected chi connectivity index (χ1v) is 7.70. The molecular weight excluding hydrogens is 264 g/mol. The van der Waals surface area contributed by atoms with Crippen LogP contribution in [0.1, 0.15) is 37.6 Å². The molecule has 0 bridgehead atoms. The van der Waals surface area contributed by atoms with Gasteiger partial charge in [-0.3, -0.25) is 10.1 Å². The van der Waals surface area contributed by atoms with Crippen LogP contribution in [0.15, 0.2) is 24.3 Å². The van der Waals surface area contributed by atoms with E-state index in [9.17, 15) is 4.79 Å². The van der Waals surface area contributed by atoms with E-state index in [0.29, 0.717) is 19.1 Å². The molecule has 2 rings (SSSR count). The van der Waals surface area contributed by atoms with Crippen molar-refractivity contribution in [2.75, 3.05) is 20.3 Å². The third-order valence-corrected chi connectivity index (χ3v) is 4.31. The van der Waals surface area contributed by atoms with Gasteiger partial charge in [0, 0.05) is 13.7 Å². The van der Waals surface area contributed by atoms with E-state index in [1.165, 1.54) is 5.56 Å². The van der Waals surface area contributed by atoms with E-state index < -0.39 is 0 Å². The average molecular weight is 290 g/mol. The number of nitrogens with one attached hydrogen (secondary N) is 1. The Hall–Kier alpha value is -1.39. The van der Waals surface area contributed by atoms with Crippen molar-refractivity contribution in [1.29, 1.82) is 0 Å². The second-order valence-corrected chi connectivity index (χ2v) is 5.87. The number of carbonyl (C=O) groups is 1. The highest BCUT2D eigenvalue weighted by atomic mass is 16.5. The van der Waals surface area contributed by atoms with E-state index in [0.717, 1.165) is 12.0 Å². The molecule has 116 valence electrons. The number of nitrogens with zero attached hydrogens (tertiary/aromatic N) is 1. The standard InChI is InChI=1S/C17H26N2O2/c1-5-13(3)15-17(20)19(9-10-21-4)16(18-15)14-8-6-7-12(2)11-14/h6-8,11,13,15-16,18H,5,9-10H2,1-4H3. The summed E-state index contributed by atoms with van der Waals surface area (Å²) in [6.45, 7) is 7.50. The highest BCUT2D eigenvalue weighted by Crippen LogP contribution is 2.29. The van der Waals surface area contributed by atoms with Gasteiger partial charge in [0.15, 0.2) is 0 Å². The van der Waals surface area contributed by atoms with Gasteiger partial charge in [-0.2, -0.15) is 0 Å². The first-order chi connectivity index (χ1) is 10.1. The molecule has 1 aliphatic heterocycles. The first kappa shape index (κ1) is 16.0. The summed E-state index contributed by atoms with van der Waals surface area (Å²) in [5.41, 5.74) is 2.35. The second-order valence-electron chi connectivity index (χ2n) is 5.87. The summed E-state index contributed by atoms with van der Waals surface area (Å²) in [5, 5.41) is 3.51. The maximum absolute atomic E-state index is 12.7. The minimum absolute atomic E-state index is 0.0495. The average Bonchev–Trinajstić information content (AvgIpc) is 2.81. The predicted molar refractivity (Wildman–Crippen MR) is 83.9 cm³/mol. The number of benzene rings is 1. The third kappa shape index (κ3) is 3.44. The Balaban J connectivity index is 2.26. The van der Waals surface area contributed by atoms with Crippen LogP contribution in [0.4, 0.5) is 0 Å². The van der Waals surface area contributed by atoms with E-state index in [-0.39, 0.29) is 18.1 Å². The molecule has 1 aromatic carbocycles. The Morgan fingerprint density at radius 3 is 2.81 bits per heavy atom. The molecule has 3 unspecified atom stereocenters. The van der Waals surface area contributed by atoms with Gasteiger partial charge in [-0.25, -0.2) is 0 Å². The summed E-state index contributed by atoms with van der Waals surface area (Å²) in [4.78, 5) is 14.6. The normalized spacial score (nSPS) is 23.6. The Morgan fingerprint density at radius 2 is 2.19 bits per heavy atom. The van der Waals surface area contributed by atoms with Crippen molar-refractivity contribution < 1.29 is 9.53 Å². The molecule has 4 heteroatoms. The summed E-state index contributed by atoms with van der Waals surface area (Å²) in [6.07, 6.45) is 0.939. The molecule has 0 aromatic heterocycles. The zero-order valence-corrected chi connectivity index (χ0v) is 13.4. The molecule has 1 amide bonds. The van der Waals surface area contributed by atoms with Gasteiger partial charge in [0.05, 0.1) is 12.6 Å². The van der Waals surface area contributed by atoms with Crippen LogP contribution in [0.3, 0.4) is 0 Å². The quantitative estimate of drug-likeness (QED) is 0.875. The van der Waals surface area contributed by atoms with Crippen molar-refractivity contribution in [2.24, 2.45) is 5.92 Å². The first-order valence-electron chi connectivity index (χ1n) is 7.70. The van der Waals surface area contributed by atoms with Gasteiger partial charge in [-0.1, -0.05) is 50.1 Å². The molecule has 1 saturated heterocycles. The predicted octanol–water partition coefficient (Wildman–Crippen LogP) is 2.49. The molecule has 1 aromatic rings. The molecule has 0 radical (unpaired) electrons. The smallest absolute Gasteiger partial charge is 0.241 e. The zero-order chi connectivity index (χ0) is 15.4. The summed E-state index contributed by atoms with van der Waals surface area (Å²) in [5.74, 6) is 0.519. The fraction of sp³-hybridized carbons (Fsp3) is 0.588. The summed E-state index contributed by atoms with van der Waals surface area (Å²) >= 11 is 0. The third-order valence-electron chi connectivity index (χ3n) is 4.31. The van der Waals surface area contributed by atoms with Gasteiger partial charge in [0.25, 0.3) is 0 Å². The molecule has 0 aliphatic carbocycles. The van der Waals surface area contributed by atoms with Crippen molar-refractivity contribution in [1.82, 2.24) is 10.2 Å². The van der Waals surface area contributed by atoms with Gasteiger partial charge in [0.2, 0.25) is 5.91 Å². The molecule has 0 saturated carbocycles. The number of hydrogen-bond acceptors (Lipinski definition) is 3. The monoisotopic (exact) mass is 290 g/mol. The Labute approximate surface area is 127 Å². The van der Waals surface area contributed by atoms with Gasteiger partial charge in [-0.05, 0) is 18.4 Å². The molecule has 1 heterocycles. The van der Waals surface area contributed by atoms with E-state index in [2.05, 4.69) is 44.3 Å². The zero-order valence-electron chi connectivity index (χ0n) is 13.4. The summed E-state index contributed by atoms with van der Waals surface area (Å²) in [6, 6.07) is 8.24. The van der Waals surface area contributed by atoms with Crippen molar-refractivity contribution in [3.8, 4) is 0 Å². The lowest BCUT2D eigenvalue weighted by Gasteiger charge is -2.24. The molecule has 21 heavy (non-hydrogen) atoms. The largest absolute Gasteiger partial charge is 0.383 e. The van der Waals surface area contributed by atoms with Crippen molar-refractivity contribution in [3.63, 3.8) is 0 Å². The minimum Gasteiger partial charge on any atom is -0.383 e. The molecule has 0 spiro atoms. The van der Waals surface area contributed by atoms with Crippen LogP contribution in [-0.4, -0.2) is 37.1 Å². The SMILES string of the molecule is CCC(C)C1NC(c2cccc(C)c2)N(CCOC)C1=O. The Bertz CT molecular complexity index is 489. The maximum atomic E-state index is 12.7. The van der Waals surface area contributed by atoms with Crippen molar-refractivity contribution in [2.45, 2.75) is 39.4 Å². The van der Waals surface area contributed by atoms with Gasteiger partial charge < -0.3 is 9.64 Å². The molecule has 4 nitrogen and oxygen atoms in total. The van der Waals surface area contributed by atoms with Crippen LogP contribution in [0.25, 0.3) is 0 Å². The number of rotatable bonds is 6. The van der Waals surface area contributed by atoms with E-state index in [1.54, 1.807) is 7.11 Å². The number of hydrogen-bond donors (Lipinski definition) is 1. The maximum Gasteiger partial charge on any atom is 0.241 e. The van der Waals surface area contributed by atoms with Gasteiger partial charge in [0.1, 0.15) is 6.17 Å². The van der Waals surface area contributed by atoms with E-state index >= 15 is 0 Å². The fourth-order valence-electron chi connectivity index (χ4n) is 2.83. The van der Waals surface area contributed by atoms with Crippen LogP contribution in [0, 0.1) is 12.8 Å². The van der Waals surface area contributed by atoms with Crippen molar-refractivity contribution in [3.05, 3.63) is 35.4 Å². The lowest BCUT2D eigenvalue weighted by atomic mass is 9.99. The number of amides is 1. The van der Waals surface area contributed by atoms with Crippen LogP contribution >= 0.6 is 0 Å². The molecule has 1 aliphatic rings. The Kier molecular flexibility index (Phi) is 5.37. The number of ether oxygens (including phenoxy) is 1. The van der Waals surface area contributed by atoms with Crippen LogP contribution < -0.4 is 5.32 Å². The summed E-state index contributed by atoms with van der Waals surface area (Å²) in [7, 11) is 1.67. The highest BCUT2D eigenvalue weighted by Gasteiger charge is 2.41. The van der Waals surface area contributed by atoms with Crippen LogP contribution in [0.5, 0.6) is 0 Å². The number of methoxy groups -OCH3 is 1. The lowest BCUT2D eigenvalue weighted by molar-refractivity contribution is -0.131.